The maximum Gasteiger partial charge on any atom is 0.387 e. The molecule has 0 aliphatic rings. The molecule has 0 amide bonds. The molecular formula is C9H11F2NO3S. The molecule has 0 spiro atoms. The highest BCUT2D eigenvalue weighted by Gasteiger charge is 2.07. The van der Waals surface area contributed by atoms with Crippen LogP contribution in [0.2, 0.25) is 0 Å². The van der Waals surface area contributed by atoms with E-state index in [1.54, 1.807) is 0 Å². The first-order chi connectivity index (χ1) is 7.43. The fraction of sp³-hybridized carbons (Fsp3) is 0.333. The van der Waals surface area contributed by atoms with Gasteiger partial charge >= 0.3 is 6.61 Å². The number of benzene rings is 1. The fourth-order valence-corrected chi connectivity index (χ4v) is 1.60. The summed E-state index contributed by atoms with van der Waals surface area (Å²) < 4.78 is 52.4. The molecule has 0 saturated heterocycles. The first-order valence-electron chi connectivity index (χ1n) is 4.48. The van der Waals surface area contributed by atoms with E-state index in [4.69, 9.17) is 0 Å². The molecule has 0 fully saturated rings. The van der Waals surface area contributed by atoms with Crippen molar-refractivity contribution < 1.29 is 21.9 Å². The Morgan fingerprint density at radius 1 is 1.31 bits per heavy atom. The lowest BCUT2D eigenvalue weighted by atomic mass is 10.3. The van der Waals surface area contributed by atoms with Crippen molar-refractivity contribution in [1.29, 1.82) is 0 Å². The largest absolute Gasteiger partial charge is 0.435 e. The highest BCUT2D eigenvalue weighted by molar-refractivity contribution is 7.92. The van der Waals surface area contributed by atoms with Crippen molar-refractivity contribution in [3.05, 3.63) is 24.3 Å². The molecule has 1 aromatic rings. The van der Waals surface area contributed by atoms with Gasteiger partial charge in [-0.2, -0.15) is 8.78 Å². The van der Waals surface area contributed by atoms with Crippen molar-refractivity contribution >= 4 is 15.7 Å². The molecule has 0 unspecified atom stereocenters. The van der Waals surface area contributed by atoms with Crippen molar-refractivity contribution in [3.63, 3.8) is 0 Å². The van der Waals surface area contributed by atoms with E-state index < -0.39 is 16.6 Å². The van der Waals surface area contributed by atoms with E-state index in [1.165, 1.54) is 31.2 Å². The molecule has 0 aliphatic heterocycles. The second kappa shape index (κ2) is 5.11. The summed E-state index contributed by atoms with van der Waals surface area (Å²) in [6.45, 7) is -1.39. The van der Waals surface area contributed by atoms with Crippen molar-refractivity contribution in [3.8, 4) is 5.75 Å². The SMILES string of the molecule is CCS(=O)(=O)Nc1ccc(OC(F)F)cc1. The number of hydrogen-bond donors (Lipinski definition) is 1. The van der Waals surface area contributed by atoms with Crippen LogP contribution in [0.25, 0.3) is 0 Å². The molecule has 1 N–H and O–H groups in total. The predicted octanol–water partition coefficient (Wildman–Crippen LogP) is 2.05. The summed E-state index contributed by atoms with van der Waals surface area (Å²) in [5.41, 5.74) is 0.309. The monoisotopic (exact) mass is 251 g/mol. The Hall–Kier alpha value is -1.37. The van der Waals surface area contributed by atoms with E-state index in [0.717, 1.165) is 0 Å². The van der Waals surface area contributed by atoms with Crippen LogP contribution in [0, 0.1) is 0 Å². The minimum absolute atomic E-state index is 0.0190. The Morgan fingerprint density at radius 2 is 1.88 bits per heavy atom. The lowest BCUT2D eigenvalue weighted by molar-refractivity contribution is -0.0498. The molecule has 0 aliphatic carbocycles. The molecule has 1 rings (SSSR count). The van der Waals surface area contributed by atoms with Crippen molar-refractivity contribution in [2.75, 3.05) is 10.5 Å². The molecule has 0 bridgehead atoms. The molecule has 7 heteroatoms. The van der Waals surface area contributed by atoms with Crippen LogP contribution in [-0.2, 0) is 10.0 Å². The molecule has 4 nitrogen and oxygen atoms in total. The first kappa shape index (κ1) is 12.7. The highest BCUT2D eigenvalue weighted by Crippen LogP contribution is 2.18. The number of halogens is 2. The Kier molecular flexibility index (Phi) is 4.05. The quantitative estimate of drug-likeness (QED) is 0.871. The number of hydrogen-bond acceptors (Lipinski definition) is 3. The summed E-state index contributed by atoms with van der Waals surface area (Å²) in [5, 5.41) is 0. The molecule has 1 aromatic carbocycles. The Morgan fingerprint density at radius 3 is 2.31 bits per heavy atom. The third-order valence-corrected chi connectivity index (χ3v) is 3.04. The molecule has 0 saturated carbocycles. The van der Waals surface area contributed by atoms with Gasteiger partial charge in [-0.05, 0) is 31.2 Å². The lowest BCUT2D eigenvalue weighted by Crippen LogP contribution is -2.14. The van der Waals surface area contributed by atoms with E-state index in [1.807, 2.05) is 0 Å². The second-order valence-corrected chi connectivity index (χ2v) is 4.92. The topological polar surface area (TPSA) is 55.4 Å². The van der Waals surface area contributed by atoms with E-state index in [9.17, 15) is 17.2 Å². The smallest absolute Gasteiger partial charge is 0.387 e. The van der Waals surface area contributed by atoms with Gasteiger partial charge in [0.2, 0.25) is 10.0 Å². The standard InChI is InChI=1S/C9H11F2NO3S/c1-2-16(13,14)12-7-3-5-8(6-4-7)15-9(10)11/h3-6,9,12H,2H2,1H3. The number of anilines is 1. The zero-order valence-electron chi connectivity index (χ0n) is 8.48. The third-order valence-electron chi connectivity index (χ3n) is 1.73. The Labute approximate surface area is 92.3 Å². The van der Waals surface area contributed by atoms with E-state index in [2.05, 4.69) is 9.46 Å². The second-order valence-electron chi connectivity index (χ2n) is 2.91. The van der Waals surface area contributed by atoms with Crippen LogP contribution in [0.4, 0.5) is 14.5 Å². The van der Waals surface area contributed by atoms with E-state index in [-0.39, 0.29) is 11.5 Å². The van der Waals surface area contributed by atoms with Crippen molar-refractivity contribution in [1.82, 2.24) is 0 Å². The van der Waals surface area contributed by atoms with Gasteiger partial charge in [-0.1, -0.05) is 0 Å². The first-order valence-corrected chi connectivity index (χ1v) is 6.13. The lowest BCUT2D eigenvalue weighted by Gasteiger charge is -2.07. The van der Waals surface area contributed by atoms with Crippen LogP contribution in [-0.4, -0.2) is 20.8 Å². The molecule has 0 aromatic heterocycles. The average Bonchev–Trinajstić information content (AvgIpc) is 2.20. The molecule has 16 heavy (non-hydrogen) atoms. The van der Waals surface area contributed by atoms with Crippen LogP contribution in [0.5, 0.6) is 5.75 Å². The summed E-state index contributed by atoms with van der Waals surface area (Å²) in [6, 6.07) is 5.23. The fourth-order valence-electron chi connectivity index (χ4n) is 0.956. The van der Waals surface area contributed by atoms with E-state index >= 15 is 0 Å². The van der Waals surface area contributed by atoms with Gasteiger partial charge in [-0.15, -0.1) is 0 Å². The summed E-state index contributed by atoms with van der Waals surface area (Å²) >= 11 is 0. The number of nitrogens with one attached hydrogen (secondary N) is 1. The van der Waals surface area contributed by atoms with E-state index in [0.29, 0.717) is 5.69 Å². The van der Waals surface area contributed by atoms with Crippen molar-refractivity contribution in [2.24, 2.45) is 0 Å². The number of alkyl halides is 2. The van der Waals surface area contributed by atoms with Gasteiger partial charge in [0.15, 0.2) is 0 Å². The molecule has 0 heterocycles. The van der Waals surface area contributed by atoms with Crippen LogP contribution < -0.4 is 9.46 Å². The van der Waals surface area contributed by atoms with Gasteiger partial charge in [0.05, 0.1) is 5.75 Å². The summed E-state index contributed by atoms with van der Waals surface area (Å²) in [6.07, 6.45) is 0. The summed E-state index contributed by atoms with van der Waals surface area (Å²) in [5.74, 6) is -0.0723. The van der Waals surface area contributed by atoms with Gasteiger partial charge < -0.3 is 4.74 Å². The maximum absolute atomic E-state index is 11.8. The van der Waals surface area contributed by atoms with Gasteiger partial charge in [-0.25, -0.2) is 8.42 Å². The third kappa shape index (κ3) is 4.01. The minimum atomic E-state index is -3.35. The van der Waals surface area contributed by atoms with Gasteiger partial charge in [0, 0.05) is 5.69 Å². The van der Waals surface area contributed by atoms with Crippen molar-refractivity contribution in [2.45, 2.75) is 13.5 Å². The number of ether oxygens (including phenoxy) is 1. The zero-order chi connectivity index (χ0) is 12.2. The van der Waals surface area contributed by atoms with Gasteiger partial charge in [-0.3, -0.25) is 4.72 Å². The number of rotatable bonds is 5. The molecule has 0 radical (unpaired) electrons. The number of sulfonamides is 1. The van der Waals surface area contributed by atoms with Crippen LogP contribution in [0.1, 0.15) is 6.92 Å². The maximum atomic E-state index is 11.8. The van der Waals surface area contributed by atoms with Gasteiger partial charge in [0.25, 0.3) is 0 Å². The summed E-state index contributed by atoms with van der Waals surface area (Å²) in [4.78, 5) is 0. The van der Waals surface area contributed by atoms with Crippen LogP contribution >= 0.6 is 0 Å². The minimum Gasteiger partial charge on any atom is -0.435 e. The zero-order valence-corrected chi connectivity index (χ0v) is 9.30. The highest BCUT2D eigenvalue weighted by atomic mass is 32.2. The predicted molar refractivity (Wildman–Crippen MR) is 56.2 cm³/mol. The average molecular weight is 251 g/mol. The van der Waals surface area contributed by atoms with Crippen LogP contribution in [0.3, 0.4) is 0 Å². The Balaban J connectivity index is 2.72. The molecule has 90 valence electrons. The Bertz CT molecular complexity index is 431. The van der Waals surface area contributed by atoms with Crippen LogP contribution in [0.15, 0.2) is 24.3 Å². The normalized spacial score (nSPS) is 11.5. The summed E-state index contributed by atoms with van der Waals surface area (Å²) in [7, 11) is -3.35. The molecular weight excluding hydrogens is 240 g/mol. The molecule has 0 atom stereocenters. The van der Waals surface area contributed by atoms with Gasteiger partial charge in [0.1, 0.15) is 5.75 Å².